The minimum Gasteiger partial charge on any atom is -0.361 e. The molecule has 0 aliphatic heterocycles. The summed E-state index contributed by atoms with van der Waals surface area (Å²) in [5.41, 5.74) is 2.17. The molecule has 1 nitrogen and oxygen atoms in total. The molecule has 0 saturated carbocycles. The van der Waals surface area contributed by atoms with E-state index in [0.717, 1.165) is 11.3 Å². The number of hydrogen-bond donors (Lipinski definition) is 1. The zero-order valence-corrected chi connectivity index (χ0v) is 6.81. The highest BCUT2D eigenvalue weighted by Crippen LogP contribution is 2.09. The first-order chi connectivity index (χ1) is 5.34. The summed E-state index contributed by atoms with van der Waals surface area (Å²) in [7, 11) is 0. The molecule has 0 radical (unpaired) electrons. The molecule has 0 saturated heterocycles. The molecular formula is C10H11N. The van der Waals surface area contributed by atoms with Crippen LogP contribution in [-0.2, 0) is 0 Å². The van der Waals surface area contributed by atoms with Gasteiger partial charge in [-0.05, 0) is 32.2 Å². The molecule has 0 heterocycles. The molecule has 1 N–H and O–H groups in total. The molecular weight excluding hydrogens is 134 g/mol. The van der Waals surface area contributed by atoms with Crippen molar-refractivity contribution < 1.29 is 0 Å². The summed E-state index contributed by atoms with van der Waals surface area (Å²) in [5, 5.41) is 3.13. The maximum absolute atomic E-state index is 3.13. The second-order valence-electron chi connectivity index (χ2n) is 2.29. The number of allylic oxidation sites excluding steroid dienone is 1. The summed E-state index contributed by atoms with van der Waals surface area (Å²) in [6, 6.07) is 9.70. The van der Waals surface area contributed by atoms with Crippen LogP contribution in [0, 0.1) is 19.1 Å². The molecule has 1 aromatic rings. The molecule has 0 fully saturated rings. The zero-order chi connectivity index (χ0) is 8.10. The van der Waals surface area contributed by atoms with E-state index in [1.54, 1.807) is 0 Å². The monoisotopic (exact) mass is 145 g/mol. The number of rotatable bonds is 2. The standard InChI is InChI=1S/C10H11N/c1-3-8-11-10-7-5-4-6-9(10)2/h3,5,7-8,11H,1-2H3/b8-3-. The van der Waals surface area contributed by atoms with Crippen LogP contribution in [0.5, 0.6) is 0 Å². The van der Waals surface area contributed by atoms with Gasteiger partial charge in [0.05, 0.1) is 5.69 Å². The molecule has 0 spiro atoms. The van der Waals surface area contributed by atoms with Gasteiger partial charge in [-0.25, -0.2) is 0 Å². The summed E-state index contributed by atoms with van der Waals surface area (Å²) in [4.78, 5) is 0. The molecule has 0 amide bonds. The van der Waals surface area contributed by atoms with E-state index >= 15 is 0 Å². The Hall–Kier alpha value is -1.42. The maximum Gasteiger partial charge on any atom is 0.0500 e. The van der Waals surface area contributed by atoms with E-state index in [4.69, 9.17) is 0 Å². The Kier molecular flexibility index (Phi) is 2.57. The second kappa shape index (κ2) is 3.68. The van der Waals surface area contributed by atoms with Crippen LogP contribution >= 0.6 is 0 Å². The van der Waals surface area contributed by atoms with Crippen LogP contribution < -0.4 is 5.32 Å². The first kappa shape index (κ1) is 7.68. The Morgan fingerprint density at radius 1 is 1.55 bits per heavy atom. The fourth-order valence-corrected chi connectivity index (χ4v) is 0.797. The third-order valence-corrected chi connectivity index (χ3v) is 1.40. The molecule has 0 atom stereocenters. The molecule has 0 bridgehead atoms. The van der Waals surface area contributed by atoms with Gasteiger partial charge in [0.15, 0.2) is 0 Å². The van der Waals surface area contributed by atoms with Crippen molar-refractivity contribution in [2.24, 2.45) is 0 Å². The maximum atomic E-state index is 3.13. The minimum absolute atomic E-state index is 1.09. The van der Waals surface area contributed by atoms with Gasteiger partial charge in [0.2, 0.25) is 0 Å². The molecule has 11 heavy (non-hydrogen) atoms. The predicted octanol–water partition coefficient (Wildman–Crippen LogP) is 2.54. The van der Waals surface area contributed by atoms with Crippen molar-refractivity contribution in [3.05, 3.63) is 42.1 Å². The lowest BCUT2D eigenvalue weighted by molar-refractivity contribution is 1.44. The van der Waals surface area contributed by atoms with Crippen molar-refractivity contribution >= 4 is 5.69 Å². The molecule has 0 aromatic heterocycles. The summed E-state index contributed by atoms with van der Waals surface area (Å²) >= 11 is 0. The van der Waals surface area contributed by atoms with Crippen molar-refractivity contribution in [3.8, 4) is 0 Å². The van der Waals surface area contributed by atoms with E-state index in [-0.39, 0.29) is 0 Å². The molecule has 1 rings (SSSR count). The van der Waals surface area contributed by atoms with E-state index in [1.807, 2.05) is 38.3 Å². The van der Waals surface area contributed by atoms with Crippen molar-refractivity contribution in [2.75, 3.05) is 5.32 Å². The lowest BCUT2D eigenvalue weighted by Gasteiger charge is -1.99. The van der Waals surface area contributed by atoms with Crippen LogP contribution in [0.1, 0.15) is 12.5 Å². The van der Waals surface area contributed by atoms with Gasteiger partial charge in [-0.15, -0.1) is 0 Å². The quantitative estimate of drug-likeness (QED) is 0.674. The topological polar surface area (TPSA) is 12.0 Å². The van der Waals surface area contributed by atoms with Crippen LogP contribution in [0.4, 0.5) is 5.69 Å². The lowest BCUT2D eigenvalue weighted by Crippen LogP contribution is -1.88. The van der Waals surface area contributed by atoms with Crippen LogP contribution in [0.3, 0.4) is 0 Å². The van der Waals surface area contributed by atoms with E-state index in [0.29, 0.717) is 0 Å². The van der Waals surface area contributed by atoms with Crippen LogP contribution in [-0.4, -0.2) is 0 Å². The first-order valence-electron chi connectivity index (χ1n) is 3.61. The van der Waals surface area contributed by atoms with Gasteiger partial charge in [0.1, 0.15) is 0 Å². The molecule has 1 aromatic carbocycles. The van der Waals surface area contributed by atoms with E-state index < -0.39 is 0 Å². The lowest BCUT2D eigenvalue weighted by atomic mass is 10.2. The number of anilines is 1. The van der Waals surface area contributed by atoms with E-state index in [9.17, 15) is 0 Å². The van der Waals surface area contributed by atoms with Gasteiger partial charge in [0.25, 0.3) is 0 Å². The second-order valence-corrected chi connectivity index (χ2v) is 2.29. The first-order valence-corrected chi connectivity index (χ1v) is 3.61. The highest BCUT2D eigenvalue weighted by Gasteiger charge is 1.89. The molecule has 0 aliphatic carbocycles. The molecule has 0 unspecified atom stereocenters. The third-order valence-electron chi connectivity index (χ3n) is 1.40. The van der Waals surface area contributed by atoms with Crippen LogP contribution in [0.2, 0.25) is 0 Å². The molecule has 1 heteroatoms. The van der Waals surface area contributed by atoms with Crippen LogP contribution in [0.15, 0.2) is 24.4 Å². The predicted molar refractivity (Wildman–Crippen MR) is 47.3 cm³/mol. The summed E-state index contributed by atoms with van der Waals surface area (Å²) in [6.07, 6.45) is 3.85. The largest absolute Gasteiger partial charge is 0.361 e. The van der Waals surface area contributed by atoms with Crippen LogP contribution in [0.25, 0.3) is 0 Å². The van der Waals surface area contributed by atoms with Gasteiger partial charge in [-0.3, -0.25) is 0 Å². The fourth-order valence-electron chi connectivity index (χ4n) is 0.797. The third kappa shape index (κ3) is 2.01. The van der Waals surface area contributed by atoms with Crippen molar-refractivity contribution in [2.45, 2.75) is 13.8 Å². The van der Waals surface area contributed by atoms with Gasteiger partial charge in [-0.2, -0.15) is 0 Å². The Balaban J connectivity index is 2.77. The Morgan fingerprint density at radius 3 is 3.00 bits per heavy atom. The van der Waals surface area contributed by atoms with E-state index in [2.05, 4.69) is 17.4 Å². The normalized spacial score (nSPS) is 9.64. The van der Waals surface area contributed by atoms with E-state index in [1.165, 1.54) is 0 Å². The Morgan fingerprint density at radius 2 is 2.36 bits per heavy atom. The average Bonchev–Trinajstić information content (AvgIpc) is 2.03. The van der Waals surface area contributed by atoms with Gasteiger partial charge < -0.3 is 5.32 Å². The summed E-state index contributed by atoms with van der Waals surface area (Å²) in [6.45, 7) is 3.98. The fraction of sp³-hybridized carbons (Fsp3) is 0.200. The highest BCUT2D eigenvalue weighted by atomic mass is 14.8. The summed E-state index contributed by atoms with van der Waals surface area (Å²) in [5.74, 6) is 0. The summed E-state index contributed by atoms with van der Waals surface area (Å²) < 4.78 is 0. The van der Waals surface area contributed by atoms with Crippen molar-refractivity contribution in [1.29, 1.82) is 0 Å². The van der Waals surface area contributed by atoms with Crippen molar-refractivity contribution in [1.82, 2.24) is 0 Å². The Bertz CT molecular complexity index is 251. The molecule has 56 valence electrons. The SMILES string of the molecule is C/C=C\Nc1ccc#cc1C. The minimum atomic E-state index is 1.09. The van der Waals surface area contributed by atoms with Gasteiger partial charge in [-0.1, -0.05) is 18.2 Å². The average molecular weight is 145 g/mol. The number of nitrogens with one attached hydrogen (secondary N) is 1. The number of hydrogen-bond acceptors (Lipinski definition) is 1. The highest BCUT2D eigenvalue weighted by molar-refractivity contribution is 5.50. The molecule has 0 aliphatic rings. The Labute approximate surface area is 67.8 Å². The zero-order valence-electron chi connectivity index (χ0n) is 6.81. The van der Waals surface area contributed by atoms with Gasteiger partial charge in [0, 0.05) is 5.56 Å². The smallest absolute Gasteiger partial charge is 0.0500 e. The van der Waals surface area contributed by atoms with Gasteiger partial charge >= 0.3 is 0 Å². The van der Waals surface area contributed by atoms with Crippen molar-refractivity contribution in [3.63, 3.8) is 0 Å².